The number of amides is 1. The molecule has 1 aliphatic rings. The Bertz CT molecular complexity index is 626. The van der Waals surface area contributed by atoms with Crippen molar-refractivity contribution < 1.29 is 19.2 Å². The number of carbonyl (C=O) groups is 4. The molecular formula is C16H16ClNO4. The summed E-state index contributed by atoms with van der Waals surface area (Å²) in [4.78, 5) is 46.8. The Labute approximate surface area is 133 Å². The highest BCUT2D eigenvalue weighted by Crippen LogP contribution is 2.21. The van der Waals surface area contributed by atoms with Crippen molar-refractivity contribution in [3.8, 4) is 0 Å². The van der Waals surface area contributed by atoms with Gasteiger partial charge in [0.2, 0.25) is 5.91 Å². The van der Waals surface area contributed by atoms with Gasteiger partial charge in [-0.05, 0) is 18.2 Å². The highest BCUT2D eigenvalue weighted by atomic mass is 35.5. The van der Waals surface area contributed by atoms with E-state index in [4.69, 9.17) is 11.6 Å². The van der Waals surface area contributed by atoms with Crippen LogP contribution in [0.3, 0.4) is 0 Å². The monoisotopic (exact) mass is 321 g/mol. The lowest BCUT2D eigenvalue weighted by Gasteiger charge is -2.18. The quantitative estimate of drug-likeness (QED) is 0.845. The second-order valence-electron chi connectivity index (χ2n) is 5.29. The molecule has 1 aromatic carbocycles. The Hall–Kier alpha value is -2.01. The van der Waals surface area contributed by atoms with Crippen molar-refractivity contribution in [3.63, 3.8) is 0 Å². The highest BCUT2D eigenvalue weighted by molar-refractivity contribution is 6.30. The lowest BCUT2D eigenvalue weighted by Crippen LogP contribution is -2.31. The number of ketones is 3. The third kappa shape index (κ3) is 4.49. The molecular weight excluding hydrogens is 306 g/mol. The normalized spacial score (nSPS) is 18.1. The molecule has 1 saturated carbocycles. The van der Waals surface area contributed by atoms with Crippen LogP contribution in [0.2, 0.25) is 5.02 Å². The molecule has 1 N–H and O–H groups in total. The van der Waals surface area contributed by atoms with Gasteiger partial charge >= 0.3 is 0 Å². The van der Waals surface area contributed by atoms with Crippen molar-refractivity contribution in [1.29, 1.82) is 0 Å². The van der Waals surface area contributed by atoms with E-state index in [1.54, 1.807) is 24.3 Å². The summed E-state index contributed by atoms with van der Waals surface area (Å²) in [7, 11) is 0. The van der Waals surface area contributed by atoms with Gasteiger partial charge in [0.05, 0.1) is 5.92 Å². The minimum absolute atomic E-state index is 0.0203. The maximum Gasteiger partial charge on any atom is 0.224 e. The largest absolute Gasteiger partial charge is 0.326 e. The van der Waals surface area contributed by atoms with Crippen LogP contribution in [0, 0.1) is 5.92 Å². The molecule has 1 aliphatic carbocycles. The summed E-state index contributed by atoms with van der Waals surface area (Å²) in [5.41, 5.74) is 0.550. The van der Waals surface area contributed by atoms with Crippen LogP contribution in [-0.2, 0) is 19.2 Å². The highest BCUT2D eigenvalue weighted by Gasteiger charge is 2.32. The molecule has 0 bridgehead atoms. The van der Waals surface area contributed by atoms with Crippen LogP contribution in [0.15, 0.2) is 24.3 Å². The van der Waals surface area contributed by atoms with E-state index in [1.165, 1.54) is 0 Å². The van der Waals surface area contributed by atoms with Crippen molar-refractivity contribution in [2.24, 2.45) is 5.92 Å². The van der Waals surface area contributed by atoms with Crippen molar-refractivity contribution in [2.75, 3.05) is 5.32 Å². The minimum Gasteiger partial charge on any atom is -0.326 e. The molecule has 116 valence electrons. The molecule has 0 heterocycles. The van der Waals surface area contributed by atoms with E-state index in [2.05, 4.69) is 5.32 Å². The average Bonchev–Trinajstić information content (AvgIpc) is 2.47. The number of carbonyl (C=O) groups excluding carboxylic acids is 4. The molecule has 2 rings (SSSR count). The smallest absolute Gasteiger partial charge is 0.224 e. The van der Waals surface area contributed by atoms with Crippen LogP contribution in [-0.4, -0.2) is 23.3 Å². The predicted molar refractivity (Wildman–Crippen MR) is 81.7 cm³/mol. The molecule has 0 aliphatic heterocycles. The van der Waals surface area contributed by atoms with Gasteiger partial charge in [-0.15, -0.1) is 0 Å². The minimum atomic E-state index is -0.861. The van der Waals surface area contributed by atoms with E-state index in [0.717, 1.165) is 0 Å². The van der Waals surface area contributed by atoms with Crippen LogP contribution in [0.25, 0.3) is 0 Å². The van der Waals surface area contributed by atoms with Gasteiger partial charge in [-0.1, -0.05) is 17.7 Å². The summed E-state index contributed by atoms with van der Waals surface area (Å²) in [6.45, 7) is 0. The van der Waals surface area contributed by atoms with Crippen LogP contribution in [0.4, 0.5) is 5.69 Å². The first kappa shape index (κ1) is 16.4. The van der Waals surface area contributed by atoms with Gasteiger partial charge in [0, 0.05) is 42.8 Å². The summed E-state index contributed by atoms with van der Waals surface area (Å²) in [6, 6.07) is 6.68. The summed E-state index contributed by atoms with van der Waals surface area (Å²) >= 11 is 5.81. The van der Waals surface area contributed by atoms with E-state index < -0.39 is 5.92 Å². The summed E-state index contributed by atoms with van der Waals surface area (Å²) < 4.78 is 0. The Morgan fingerprint density at radius 3 is 2.68 bits per heavy atom. The van der Waals surface area contributed by atoms with E-state index in [1.807, 2.05) is 0 Å². The number of Topliss-reactive ketones (excluding diaryl/α,β-unsaturated/α-hetero) is 3. The molecule has 1 aromatic rings. The summed E-state index contributed by atoms with van der Waals surface area (Å²) in [5, 5.41) is 3.13. The number of rotatable bonds is 5. The van der Waals surface area contributed by atoms with Gasteiger partial charge in [0.1, 0.15) is 17.3 Å². The third-order valence-electron chi connectivity index (χ3n) is 3.57. The molecule has 0 aromatic heterocycles. The second kappa shape index (κ2) is 7.31. The van der Waals surface area contributed by atoms with Gasteiger partial charge in [-0.2, -0.15) is 0 Å². The first-order valence-corrected chi connectivity index (χ1v) is 7.46. The Kier molecular flexibility index (Phi) is 5.44. The van der Waals surface area contributed by atoms with Gasteiger partial charge in [0.25, 0.3) is 0 Å². The molecule has 0 spiro atoms. The van der Waals surface area contributed by atoms with Gasteiger partial charge in [-0.3, -0.25) is 19.2 Å². The van der Waals surface area contributed by atoms with Crippen molar-refractivity contribution in [2.45, 2.75) is 32.1 Å². The van der Waals surface area contributed by atoms with Crippen LogP contribution in [0.1, 0.15) is 32.1 Å². The maximum atomic E-state index is 12.0. The molecule has 5 nitrogen and oxygen atoms in total. The molecule has 1 fully saturated rings. The molecule has 22 heavy (non-hydrogen) atoms. The SMILES string of the molecule is O=C1CCC(=O)[C@@H](C(=O)CCC(=O)Nc2cccc(Cl)c2)C1. The number of halogens is 1. The van der Waals surface area contributed by atoms with E-state index in [-0.39, 0.29) is 55.4 Å². The van der Waals surface area contributed by atoms with Gasteiger partial charge in [-0.25, -0.2) is 0 Å². The maximum absolute atomic E-state index is 12.0. The molecule has 0 saturated heterocycles. The zero-order chi connectivity index (χ0) is 16.1. The second-order valence-corrected chi connectivity index (χ2v) is 5.72. The van der Waals surface area contributed by atoms with Gasteiger partial charge in [0.15, 0.2) is 0 Å². The van der Waals surface area contributed by atoms with Crippen molar-refractivity contribution in [1.82, 2.24) is 0 Å². The lowest BCUT2D eigenvalue weighted by molar-refractivity contribution is -0.140. The van der Waals surface area contributed by atoms with Crippen LogP contribution >= 0.6 is 11.6 Å². The topological polar surface area (TPSA) is 80.3 Å². The molecule has 1 atom stereocenters. The van der Waals surface area contributed by atoms with Crippen molar-refractivity contribution >= 4 is 40.5 Å². The number of anilines is 1. The van der Waals surface area contributed by atoms with Gasteiger partial charge < -0.3 is 5.32 Å². The Morgan fingerprint density at radius 1 is 1.18 bits per heavy atom. The standard InChI is InChI=1S/C16H16ClNO4/c17-10-2-1-3-11(8-10)18-16(22)7-6-15(21)13-9-12(19)4-5-14(13)20/h1-3,8,13H,4-7,9H2,(H,18,22)/t13-/m0/s1. The number of nitrogens with one attached hydrogen (secondary N) is 1. The van der Waals surface area contributed by atoms with Crippen molar-refractivity contribution in [3.05, 3.63) is 29.3 Å². The zero-order valence-corrected chi connectivity index (χ0v) is 12.7. The van der Waals surface area contributed by atoms with Crippen LogP contribution in [0.5, 0.6) is 0 Å². The zero-order valence-electron chi connectivity index (χ0n) is 11.9. The molecule has 6 heteroatoms. The van der Waals surface area contributed by atoms with E-state index in [0.29, 0.717) is 10.7 Å². The predicted octanol–water partition coefficient (Wildman–Crippen LogP) is 2.57. The van der Waals surface area contributed by atoms with E-state index in [9.17, 15) is 19.2 Å². The lowest BCUT2D eigenvalue weighted by atomic mass is 9.83. The number of hydrogen-bond acceptors (Lipinski definition) is 4. The Morgan fingerprint density at radius 2 is 1.95 bits per heavy atom. The summed E-state index contributed by atoms with van der Waals surface area (Å²) in [5.74, 6) is -1.79. The fourth-order valence-corrected chi connectivity index (χ4v) is 2.56. The Balaban J connectivity index is 1.84. The third-order valence-corrected chi connectivity index (χ3v) is 3.80. The average molecular weight is 322 g/mol. The van der Waals surface area contributed by atoms with Crippen LogP contribution < -0.4 is 5.32 Å². The molecule has 1 amide bonds. The van der Waals surface area contributed by atoms with E-state index >= 15 is 0 Å². The fraction of sp³-hybridized carbons (Fsp3) is 0.375. The fourth-order valence-electron chi connectivity index (χ4n) is 2.37. The summed E-state index contributed by atoms with van der Waals surface area (Å²) in [6.07, 6.45) is 0.259. The molecule has 0 unspecified atom stereocenters. The number of hydrogen-bond donors (Lipinski definition) is 1. The first-order chi connectivity index (χ1) is 10.5. The molecule has 0 radical (unpaired) electrons. The number of benzene rings is 1. The first-order valence-electron chi connectivity index (χ1n) is 7.08.